The van der Waals surface area contributed by atoms with Gasteiger partial charge in [0.05, 0.1) is 6.61 Å². The van der Waals surface area contributed by atoms with Crippen LogP contribution in [0.2, 0.25) is 0 Å². The molecule has 1 aromatic rings. The van der Waals surface area contributed by atoms with Crippen molar-refractivity contribution in [1.82, 2.24) is 5.32 Å². The molecule has 2 rings (SSSR count). The van der Waals surface area contributed by atoms with E-state index < -0.39 is 0 Å². The minimum Gasteiger partial charge on any atom is -0.493 e. The molecule has 0 unspecified atom stereocenters. The fraction of sp³-hybridized carbons (Fsp3) is 0.600. The summed E-state index contributed by atoms with van der Waals surface area (Å²) in [6.07, 6.45) is 0.926. The zero-order valence-corrected chi connectivity index (χ0v) is 11.9. The predicted molar refractivity (Wildman–Crippen MR) is 78.2 cm³/mol. The topological polar surface area (TPSA) is 33.7 Å². The van der Waals surface area contributed by atoms with E-state index in [-0.39, 0.29) is 0 Å². The summed E-state index contributed by atoms with van der Waals surface area (Å²) < 4.78 is 10.7. The molecule has 0 aliphatic carbocycles. The minimum absolute atomic E-state index is 0.709. The molecule has 0 saturated carbocycles. The fourth-order valence-corrected chi connectivity index (χ4v) is 2.37. The predicted octanol–water partition coefficient (Wildman–Crippen LogP) is 1.82. The Bertz CT molecular complexity index is 390. The number of rotatable bonds is 6. The van der Waals surface area contributed by atoms with Crippen LogP contribution in [-0.2, 0) is 4.74 Å². The second-order valence-corrected chi connectivity index (χ2v) is 4.88. The highest BCUT2D eigenvalue weighted by atomic mass is 16.5. The minimum atomic E-state index is 0.709. The lowest BCUT2D eigenvalue weighted by Crippen LogP contribution is -2.43. The summed E-state index contributed by atoms with van der Waals surface area (Å²) in [6, 6.07) is 6.37. The molecule has 1 aliphatic rings. The Hall–Kier alpha value is -1.26. The number of benzene rings is 1. The molecule has 1 fully saturated rings. The van der Waals surface area contributed by atoms with Crippen LogP contribution in [0.15, 0.2) is 18.2 Å². The molecule has 0 radical (unpaired) electrons. The molecule has 0 aromatic heterocycles. The van der Waals surface area contributed by atoms with Gasteiger partial charge >= 0.3 is 0 Å². The Labute approximate surface area is 115 Å². The highest BCUT2D eigenvalue weighted by molar-refractivity contribution is 5.56. The van der Waals surface area contributed by atoms with Gasteiger partial charge in [-0.25, -0.2) is 0 Å². The summed E-state index contributed by atoms with van der Waals surface area (Å²) in [5, 5.41) is 3.38. The smallest absolute Gasteiger partial charge is 0.119 e. The second-order valence-electron chi connectivity index (χ2n) is 4.88. The van der Waals surface area contributed by atoms with Crippen LogP contribution >= 0.6 is 0 Å². The Morgan fingerprint density at radius 2 is 2.00 bits per heavy atom. The first-order valence-corrected chi connectivity index (χ1v) is 6.99. The number of hydrogen-bond acceptors (Lipinski definition) is 4. The van der Waals surface area contributed by atoms with Gasteiger partial charge in [0.25, 0.3) is 0 Å². The van der Waals surface area contributed by atoms with Crippen molar-refractivity contribution in [2.45, 2.75) is 13.3 Å². The summed E-state index contributed by atoms with van der Waals surface area (Å²) in [5.41, 5.74) is 2.61. The number of aryl methyl sites for hydroxylation is 1. The zero-order chi connectivity index (χ0) is 13.5. The molecule has 0 amide bonds. The normalized spacial score (nSPS) is 15.6. The van der Waals surface area contributed by atoms with Crippen molar-refractivity contribution in [3.8, 4) is 5.75 Å². The van der Waals surface area contributed by atoms with E-state index in [1.165, 1.54) is 11.3 Å². The second kappa shape index (κ2) is 7.36. The Morgan fingerprint density at radius 3 is 2.68 bits per heavy atom. The molecule has 1 N–H and O–H groups in total. The van der Waals surface area contributed by atoms with Gasteiger partial charge in [0, 0.05) is 52.0 Å². The van der Waals surface area contributed by atoms with Crippen LogP contribution in [0.5, 0.6) is 5.75 Å². The van der Waals surface area contributed by atoms with E-state index in [2.05, 4.69) is 35.3 Å². The summed E-state index contributed by atoms with van der Waals surface area (Å²) in [7, 11) is 1.71. The van der Waals surface area contributed by atoms with E-state index in [9.17, 15) is 0 Å². The van der Waals surface area contributed by atoms with E-state index in [1.54, 1.807) is 7.11 Å². The zero-order valence-electron chi connectivity index (χ0n) is 11.9. The van der Waals surface area contributed by atoms with Gasteiger partial charge in [-0.2, -0.15) is 0 Å². The number of piperazine rings is 1. The molecule has 1 aromatic carbocycles. The molecule has 0 spiro atoms. The van der Waals surface area contributed by atoms with E-state index in [0.29, 0.717) is 6.61 Å². The summed E-state index contributed by atoms with van der Waals surface area (Å²) >= 11 is 0. The van der Waals surface area contributed by atoms with Crippen LogP contribution in [0.1, 0.15) is 12.0 Å². The van der Waals surface area contributed by atoms with Gasteiger partial charge in [0.15, 0.2) is 0 Å². The first-order valence-electron chi connectivity index (χ1n) is 6.99. The summed E-state index contributed by atoms with van der Waals surface area (Å²) in [6.45, 7) is 7.89. The van der Waals surface area contributed by atoms with Crippen molar-refractivity contribution >= 4 is 5.69 Å². The highest BCUT2D eigenvalue weighted by Gasteiger charge is 2.12. The first kappa shape index (κ1) is 14.2. The molecule has 4 heteroatoms. The van der Waals surface area contributed by atoms with Crippen molar-refractivity contribution in [3.63, 3.8) is 0 Å². The van der Waals surface area contributed by atoms with Gasteiger partial charge in [-0.1, -0.05) is 0 Å². The molecule has 106 valence electrons. The Balaban J connectivity index is 1.92. The molecule has 0 atom stereocenters. The molecule has 1 heterocycles. The lowest BCUT2D eigenvalue weighted by molar-refractivity contribution is 0.172. The van der Waals surface area contributed by atoms with Crippen LogP contribution in [0.3, 0.4) is 0 Å². The number of nitrogens with one attached hydrogen (secondary N) is 1. The largest absolute Gasteiger partial charge is 0.493 e. The van der Waals surface area contributed by atoms with E-state index in [0.717, 1.165) is 45.0 Å². The van der Waals surface area contributed by atoms with Crippen LogP contribution in [0.4, 0.5) is 5.69 Å². The summed E-state index contributed by atoms with van der Waals surface area (Å²) in [4.78, 5) is 2.43. The van der Waals surface area contributed by atoms with Crippen LogP contribution in [0, 0.1) is 6.92 Å². The van der Waals surface area contributed by atoms with Gasteiger partial charge in [-0.15, -0.1) is 0 Å². The van der Waals surface area contributed by atoms with Gasteiger partial charge in [0.2, 0.25) is 0 Å². The number of nitrogens with zero attached hydrogens (tertiary/aromatic N) is 1. The molecule has 4 nitrogen and oxygen atoms in total. The lowest BCUT2D eigenvalue weighted by atomic mass is 10.1. The average molecular weight is 264 g/mol. The quantitative estimate of drug-likeness (QED) is 0.795. The monoisotopic (exact) mass is 264 g/mol. The van der Waals surface area contributed by atoms with Crippen molar-refractivity contribution in [2.75, 3.05) is 51.4 Å². The Kier molecular flexibility index (Phi) is 5.48. The molecule has 19 heavy (non-hydrogen) atoms. The van der Waals surface area contributed by atoms with E-state index in [1.807, 2.05) is 0 Å². The summed E-state index contributed by atoms with van der Waals surface area (Å²) in [5.74, 6) is 0.951. The number of hydrogen-bond donors (Lipinski definition) is 1. The highest BCUT2D eigenvalue weighted by Crippen LogP contribution is 2.25. The van der Waals surface area contributed by atoms with E-state index in [4.69, 9.17) is 9.47 Å². The SMILES string of the molecule is COCCCOc1ccc(N2CCNCC2)c(C)c1. The average Bonchev–Trinajstić information content (AvgIpc) is 2.45. The van der Waals surface area contributed by atoms with Gasteiger partial charge in [0.1, 0.15) is 5.75 Å². The number of methoxy groups -OCH3 is 1. The first-order chi connectivity index (χ1) is 9.31. The fourth-order valence-electron chi connectivity index (χ4n) is 2.37. The standard InChI is InChI=1S/C15H24N2O2/c1-13-12-14(19-11-3-10-18-2)4-5-15(13)17-8-6-16-7-9-17/h4-5,12,16H,3,6-11H2,1-2H3. The third-order valence-corrected chi connectivity index (χ3v) is 3.39. The van der Waals surface area contributed by atoms with Gasteiger partial charge in [-0.05, 0) is 30.7 Å². The third kappa shape index (κ3) is 4.11. The van der Waals surface area contributed by atoms with Crippen LogP contribution in [0.25, 0.3) is 0 Å². The maximum atomic E-state index is 5.72. The van der Waals surface area contributed by atoms with Crippen molar-refractivity contribution < 1.29 is 9.47 Å². The number of anilines is 1. The van der Waals surface area contributed by atoms with Gasteiger partial charge in [-0.3, -0.25) is 0 Å². The maximum absolute atomic E-state index is 5.72. The van der Waals surface area contributed by atoms with E-state index >= 15 is 0 Å². The van der Waals surface area contributed by atoms with Crippen molar-refractivity contribution in [1.29, 1.82) is 0 Å². The van der Waals surface area contributed by atoms with Crippen LogP contribution < -0.4 is 15.0 Å². The van der Waals surface area contributed by atoms with Crippen molar-refractivity contribution in [3.05, 3.63) is 23.8 Å². The molecular formula is C15H24N2O2. The third-order valence-electron chi connectivity index (χ3n) is 3.39. The maximum Gasteiger partial charge on any atom is 0.119 e. The molecular weight excluding hydrogens is 240 g/mol. The Morgan fingerprint density at radius 1 is 1.21 bits per heavy atom. The number of ether oxygens (including phenoxy) is 2. The van der Waals surface area contributed by atoms with Crippen LogP contribution in [-0.4, -0.2) is 46.5 Å². The molecule has 0 bridgehead atoms. The molecule has 1 saturated heterocycles. The lowest BCUT2D eigenvalue weighted by Gasteiger charge is -2.30. The van der Waals surface area contributed by atoms with Gasteiger partial charge < -0.3 is 19.7 Å². The molecule has 1 aliphatic heterocycles. The van der Waals surface area contributed by atoms with Crippen molar-refractivity contribution in [2.24, 2.45) is 0 Å².